The highest BCUT2D eigenvalue weighted by atomic mass is 35.5. The molecule has 1 atom stereocenters. The second-order valence-corrected chi connectivity index (χ2v) is 7.52. The first kappa shape index (κ1) is 22.3. The Hall–Kier alpha value is -1.97. The lowest BCUT2D eigenvalue weighted by molar-refractivity contribution is -0.135. The number of nitrogens with zero attached hydrogens (tertiary/aromatic N) is 3. The zero-order valence-electron chi connectivity index (χ0n) is 15.6. The van der Waals surface area contributed by atoms with Gasteiger partial charge in [-0.05, 0) is 30.7 Å². The maximum absolute atomic E-state index is 12.7. The highest BCUT2D eigenvalue weighted by Gasteiger charge is 2.27. The van der Waals surface area contributed by atoms with Gasteiger partial charge in [-0.1, -0.05) is 11.2 Å². The van der Waals surface area contributed by atoms with Gasteiger partial charge in [0.05, 0.1) is 4.88 Å². The summed E-state index contributed by atoms with van der Waals surface area (Å²) in [5.41, 5.74) is 5.40. The normalized spacial score (nSPS) is 16.5. The first-order valence-electron chi connectivity index (χ1n) is 9.30. The molecule has 0 aliphatic carbocycles. The Morgan fingerprint density at radius 1 is 1.36 bits per heavy atom. The van der Waals surface area contributed by atoms with Gasteiger partial charge in [0.2, 0.25) is 23.5 Å². The zero-order valence-corrected chi connectivity index (χ0v) is 17.3. The summed E-state index contributed by atoms with van der Waals surface area (Å²) in [7, 11) is 0. The second-order valence-electron chi connectivity index (χ2n) is 6.57. The van der Waals surface area contributed by atoms with Crippen LogP contribution < -0.4 is 11.1 Å². The first-order valence-corrected chi connectivity index (χ1v) is 10.2. The van der Waals surface area contributed by atoms with Crippen LogP contribution in [0.2, 0.25) is 0 Å². The monoisotopic (exact) mass is 427 g/mol. The van der Waals surface area contributed by atoms with Crippen molar-refractivity contribution in [3.8, 4) is 10.7 Å². The molecule has 3 heterocycles. The van der Waals surface area contributed by atoms with Crippen LogP contribution in [0, 0.1) is 0 Å². The van der Waals surface area contributed by atoms with Crippen molar-refractivity contribution in [2.45, 2.75) is 44.6 Å². The number of aryl methyl sites for hydroxylation is 1. The molecule has 2 aromatic rings. The van der Waals surface area contributed by atoms with E-state index in [2.05, 4.69) is 15.5 Å². The minimum absolute atomic E-state index is 0. The third-order valence-electron chi connectivity index (χ3n) is 4.62. The molecule has 0 radical (unpaired) electrons. The molecule has 28 heavy (non-hydrogen) atoms. The predicted octanol–water partition coefficient (Wildman–Crippen LogP) is 2.00. The van der Waals surface area contributed by atoms with Crippen LogP contribution in [0.15, 0.2) is 22.0 Å². The number of hydrogen-bond acceptors (Lipinski definition) is 7. The maximum atomic E-state index is 12.7. The molecule has 0 saturated carbocycles. The Morgan fingerprint density at radius 3 is 2.96 bits per heavy atom. The van der Waals surface area contributed by atoms with Gasteiger partial charge >= 0.3 is 0 Å². The average molecular weight is 428 g/mol. The number of rotatable bonds is 8. The van der Waals surface area contributed by atoms with Crippen LogP contribution in [-0.2, 0) is 16.0 Å². The second kappa shape index (κ2) is 11.1. The molecule has 0 bridgehead atoms. The van der Waals surface area contributed by atoms with Crippen LogP contribution in [-0.4, -0.2) is 52.5 Å². The molecule has 1 saturated heterocycles. The molecule has 1 aliphatic rings. The molecule has 3 rings (SSSR count). The van der Waals surface area contributed by atoms with Crippen LogP contribution in [0.5, 0.6) is 0 Å². The minimum Gasteiger partial charge on any atom is -0.354 e. The van der Waals surface area contributed by atoms with Gasteiger partial charge in [-0.3, -0.25) is 9.59 Å². The van der Waals surface area contributed by atoms with Crippen molar-refractivity contribution < 1.29 is 14.1 Å². The van der Waals surface area contributed by atoms with Gasteiger partial charge in [0.1, 0.15) is 0 Å². The van der Waals surface area contributed by atoms with Crippen molar-refractivity contribution in [1.82, 2.24) is 20.4 Å². The number of nitrogens with one attached hydrogen (secondary N) is 1. The molecule has 3 N–H and O–H groups in total. The third kappa shape index (κ3) is 6.02. The number of hydrogen-bond donors (Lipinski definition) is 2. The lowest BCUT2D eigenvalue weighted by Crippen LogP contribution is -2.49. The standard InChI is InChI=1S/C18H25N5O3S.ClH/c19-9-8-15(24)20-12-13-4-1-2-10-23(13)17(25)7-6-16-21-18(22-26-16)14-5-3-11-27-14;/h3,5,11,13H,1-2,4,6-10,12,19H2,(H,20,24);1H. The van der Waals surface area contributed by atoms with E-state index < -0.39 is 0 Å². The summed E-state index contributed by atoms with van der Waals surface area (Å²) >= 11 is 1.55. The van der Waals surface area contributed by atoms with E-state index in [1.807, 2.05) is 22.4 Å². The van der Waals surface area contributed by atoms with Crippen molar-refractivity contribution in [3.63, 3.8) is 0 Å². The van der Waals surface area contributed by atoms with Crippen molar-refractivity contribution >= 4 is 35.6 Å². The van der Waals surface area contributed by atoms with Gasteiger partial charge in [0.15, 0.2) is 0 Å². The lowest BCUT2D eigenvalue weighted by Gasteiger charge is -2.36. The van der Waals surface area contributed by atoms with Gasteiger partial charge in [0, 0.05) is 44.9 Å². The fourth-order valence-electron chi connectivity index (χ4n) is 3.21. The third-order valence-corrected chi connectivity index (χ3v) is 5.48. The summed E-state index contributed by atoms with van der Waals surface area (Å²) < 4.78 is 5.26. The Labute approximate surface area is 174 Å². The SMILES string of the molecule is Cl.NCCC(=O)NCC1CCCCN1C(=O)CCc1nc(-c2cccs2)no1. The lowest BCUT2D eigenvalue weighted by atomic mass is 10.0. The molecule has 154 valence electrons. The maximum Gasteiger partial charge on any atom is 0.227 e. The van der Waals surface area contributed by atoms with E-state index >= 15 is 0 Å². The molecule has 2 amide bonds. The molecular weight excluding hydrogens is 402 g/mol. The molecule has 8 nitrogen and oxygen atoms in total. The summed E-state index contributed by atoms with van der Waals surface area (Å²) in [5.74, 6) is 1.02. The van der Waals surface area contributed by atoms with E-state index in [4.69, 9.17) is 10.3 Å². The van der Waals surface area contributed by atoms with Crippen molar-refractivity contribution in [2.75, 3.05) is 19.6 Å². The van der Waals surface area contributed by atoms with E-state index in [-0.39, 0.29) is 30.3 Å². The Kier molecular flexibility index (Phi) is 8.88. The molecule has 0 spiro atoms. The largest absolute Gasteiger partial charge is 0.354 e. The molecule has 2 aromatic heterocycles. The van der Waals surface area contributed by atoms with Crippen LogP contribution in [0.3, 0.4) is 0 Å². The van der Waals surface area contributed by atoms with Crippen LogP contribution in [0.25, 0.3) is 10.7 Å². The van der Waals surface area contributed by atoms with Crippen molar-refractivity contribution in [3.05, 3.63) is 23.4 Å². The quantitative estimate of drug-likeness (QED) is 0.665. The number of likely N-dealkylation sites (tertiary alicyclic amines) is 1. The summed E-state index contributed by atoms with van der Waals surface area (Å²) in [6, 6.07) is 3.90. The average Bonchev–Trinajstić information content (AvgIpc) is 3.36. The molecule has 1 fully saturated rings. The topological polar surface area (TPSA) is 114 Å². The fraction of sp³-hybridized carbons (Fsp3) is 0.556. The van der Waals surface area contributed by atoms with Crippen LogP contribution in [0.4, 0.5) is 0 Å². The van der Waals surface area contributed by atoms with E-state index in [1.165, 1.54) is 0 Å². The molecule has 10 heteroatoms. The Morgan fingerprint density at radius 2 is 2.21 bits per heavy atom. The Bertz CT molecular complexity index is 752. The summed E-state index contributed by atoms with van der Waals surface area (Å²) in [5, 5.41) is 8.81. The summed E-state index contributed by atoms with van der Waals surface area (Å²) in [6.07, 6.45) is 4.00. The molecule has 0 aromatic carbocycles. The van der Waals surface area contributed by atoms with Crippen LogP contribution in [0.1, 0.15) is 38.0 Å². The van der Waals surface area contributed by atoms with E-state index in [0.717, 1.165) is 30.7 Å². The van der Waals surface area contributed by atoms with E-state index in [0.29, 0.717) is 44.1 Å². The number of thiophene rings is 1. The smallest absolute Gasteiger partial charge is 0.227 e. The fourth-order valence-corrected chi connectivity index (χ4v) is 3.86. The predicted molar refractivity (Wildman–Crippen MR) is 109 cm³/mol. The molecular formula is C18H26ClN5O3S. The number of piperidine rings is 1. The van der Waals surface area contributed by atoms with E-state index in [9.17, 15) is 9.59 Å². The van der Waals surface area contributed by atoms with Gasteiger partial charge in [-0.15, -0.1) is 23.7 Å². The van der Waals surface area contributed by atoms with Crippen LogP contribution >= 0.6 is 23.7 Å². The number of halogens is 1. The van der Waals surface area contributed by atoms with E-state index in [1.54, 1.807) is 11.3 Å². The summed E-state index contributed by atoms with van der Waals surface area (Å²) in [4.78, 5) is 31.5. The van der Waals surface area contributed by atoms with Gasteiger partial charge in [-0.25, -0.2) is 0 Å². The number of aromatic nitrogens is 2. The van der Waals surface area contributed by atoms with Gasteiger partial charge in [-0.2, -0.15) is 4.98 Å². The number of nitrogens with two attached hydrogens (primary N) is 1. The number of carbonyl (C=O) groups excluding carboxylic acids is 2. The van der Waals surface area contributed by atoms with Gasteiger partial charge in [0.25, 0.3) is 0 Å². The number of carbonyl (C=O) groups is 2. The summed E-state index contributed by atoms with van der Waals surface area (Å²) in [6.45, 7) is 1.53. The molecule has 1 aliphatic heterocycles. The van der Waals surface area contributed by atoms with Crippen molar-refractivity contribution in [2.24, 2.45) is 5.73 Å². The Balaban J connectivity index is 0.00000280. The van der Waals surface area contributed by atoms with Crippen molar-refractivity contribution in [1.29, 1.82) is 0 Å². The molecule has 1 unspecified atom stereocenters. The first-order chi connectivity index (χ1) is 13.2. The zero-order chi connectivity index (χ0) is 19.1. The van der Waals surface area contributed by atoms with Gasteiger partial charge < -0.3 is 20.5 Å². The minimum atomic E-state index is -0.0672. The number of amides is 2. The highest BCUT2D eigenvalue weighted by molar-refractivity contribution is 7.13. The highest BCUT2D eigenvalue weighted by Crippen LogP contribution is 2.22.